The van der Waals surface area contributed by atoms with Gasteiger partial charge in [-0.1, -0.05) is 18.2 Å². The third-order valence-electron chi connectivity index (χ3n) is 3.13. The monoisotopic (exact) mass is 285 g/mol. The first-order valence-corrected chi connectivity index (χ1v) is 7.29. The van der Waals surface area contributed by atoms with Crippen molar-refractivity contribution in [1.82, 2.24) is 15.6 Å². The highest BCUT2D eigenvalue weighted by molar-refractivity contribution is 5.84. The van der Waals surface area contributed by atoms with Crippen molar-refractivity contribution in [2.45, 2.75) is 39.3 Å². The highest BCUT2D eigenvalue weighted by Gasteiger charge is 2.12. The van der Waals surface area contributed by atoms with E-state index in [4.69, 9.17) is 0 Å². The largest absolute Gasteiger partial charge is 0.351 e. The molecule has 21 heavy (non-hydrogen) atoms. The minimum atomic E-state index is -0.167. The molecule has 2 rings (SSSR count). The average molecular weight is 285 g/mol. The van der Waals surface area contributed by atoms with Gasteiger partial charge in [-0.3, -0.25) is 9.78 Å². The van der Waals surface area contributed by atoms with Crippen LogP contribution in [0.2, 0.25) is 0 Å². The van der Waals surface area contributed by atoms with Gasteiger partial charge in [0, 0.05) is 42.8 Å². The zero-order chi connectivity index (χ0) is 15.3. The molecule has 0 fully saturated rings. The van der Waals surface area contributed by atoms with E-state index < -0.39 is 0 Å². The lowest BCUT2D eigenvalue weighted by atomic mass is 10.1. The molecule has 1 heterocycles. The molecule has 1 aromatic heterocycles. The SMILES string of the molecule is CC(C)(C)NC(=O)CCNCc1cccc2cnccc12. The lowest BCUT2D eigenvalue weighted by Gasteiger charge is -2.20. The lowest BCUT2D eigenvalue weighted by Crippen LogP contribution is -2.41. The van der Waals surface area contributed by atoms with E-state index in [0.717, 1.165) is 11.9 Å². The summed E-state index contributed by atoms with van der Waals surface area (Å²) in [4.78, 5) is 15.9. The van der Waals surface area contributed by atoms with Gasteiger partial charge in [0.2, 0.25) is 5.91 Å². The first kappa shape index (κ1) is 15.4. The fourth-order valence-electron chi connectivity index (χ4n) is 2.25. The van der Waals surface area contributed by atoms with Crippen LogP contribution in [0.5, 0.6) is 0 Å². The molecule has 4 nitrogen and oxygen atoms in total. The zero-order valence-electron chi connectivity index (χ0n) is 12.9. The van der Waals surface area contributed by atoms with Crippen LogP contribution in [0.25, 0.3) is 10.8 Å². The summed E-state index contributed by atoms with van der Waals surface area (Å²) in [5.74, 6) is 0.0807. The number of pyridine rings is 1. The Bertz CT molecular complexity index is 611. The molecule has 0 aliphatic heterocycles. The first-order chi connectivity index (χ1) is 9.96. The molecule has 0 unspecified atom stereocenters. The minimum absolute atomic E-state index is 0.0807. The van der Waals surface area contributed by atoms with Crippen molar-refractivity contribution in [3.8, 4) is 0 Å². The number of benzene rings is 1. The summed E-state index contributed by atoms with van der Waals surface area (Å²) in [5.41, 5.74) is 1.06. The Balaban J connectivity index is 1.84. The normalized spacial score (nSPS) is 11.6. The number of hydrogen-bond acceptors (Lipinski definition) is 3. The second-order valence-electron chi connectivity index (χ2n) is 6.24. The molecular weight excluding hydrogens is 262 g/mol. The first-order valence-electron chi connectivity index (χ1n) is 7.29. The summed E-state index contributed by atoms with van der Waals surface area (Å²) < 4.78 is 0. The highest BCUT2D eigenvalue weighted by Crippen LogP contribution is 2.17. The number of nitrogens with one attached hydrogen (secondary N) is 2. The van der Waals surface area contributed by atoms with Crippen molar-refractivity contribution in [2.24, 2.45) is 0 Å². The number of carbonyl (C=O) groups is 1. The van der Waals surface area contributed by atoms with Crippen LogP contribution in [0.4, 0.5) is 0 Å². The van der Waals surface area contributed by atoms with Gasteiger partial charge in [-0.15, -0.1) is 0 Å². The predicted octanol–water partition coefficient (Wildman–Crippen LogP) is 2.63. The van der Waals surface area contributed by atoms with Crippen LogP contribution in [0.1, 0.15) is 32.8 Å². The Hall–Kier alpha value is -1.94. The van der Waals surface area contributed by atoms with Gasteiger partial charge < -0.3 is 10.6 Å². The minimum Gasteiger partial charge on any atom is -0.351 e. The molecule has 0 aliphatic rings. The molecule has 0 atom stereocenters. The smallest absolute Gasteiger partial charge is 0.221 e. The summed E-state index contributed by atoms with van der Waals surface area (Å²) in [6.07, 6.45) is 4.17. The van der Waals surface area contributed by atoms with E-state index >= 15 is 0 Å². The van der Waals surface area contributed by atoms with Gasteiger partial charge in [0.05, 0.1) is 0 Å². The van der Waals surface area contributed by atoms with Gasteiger partial charge in [0.25, 0.3) is 0 Å². The summed E-state index contributed by atoms with van der Waals surface area (Å²) in [7, 11) is 0. The van der Waals surface area contributed by atoms with Gasteiger partial charge in [0.1, 0.15) is 0 Å². The van der Waals surface area contributed by atoms with Gasteiger partial charge in [-0.05, 0) is 37.8 Å². The maximum atomic E-state index is 11.7. The van der Waals surface area contributed by atoms with Gasteiger partial charge in [0.15, 0.2) is 0 Å². The fraction of sp³-hybridized carbons (Fsp3) is 0.412. The molecule has 0 aliphatic carbocycles. The maximum absolute atomic E-state index is 11.7. The Morgan fingerprint density at radius 2 is 2.05 bits per heavy atom. The van der Waals surface area contributed by atoms with E-state index in [9.17, 15) is 4.79 Å². The van der Waals surface area contributed by atoms with Crippen LogP contribution < -0.4 is 10.6 Å². The number of amides is 1. The van der Waals surface area contributed by atoms with E-state index in [-0.39, 0.29) is 11.4 Å². The van der Waals surface area contributed by atoms with E-state index in [2.05, 4.69) is 27.8 Å². The quantitative estimate of drug-likeness (QED) is 0.830. The van der Waals surface area contributed by atoms with E-state index in [1.807, 2.05) is 45.3 Å². The summed E-state index contributed by atoms with van der Waals surface area (Å²) in [6, 6.07) is 8.22. The van der Waals surface area contributed by atoms with Crippen molar-refractivity contribution in [1.29, 1.82) is 0 Å². The molecule has 0 saturated carbocycles. The Morgan fingerprint density at radius 1 is 1.24 bits per heavy atom. The van der Waals surface area contributed by atoms with Crippen LogP contribution in [0.3, 0.4) is 0 Å². The third-order valence-corrected chi connectivity index (χ3v) is 3.13. The van der Waals surface area contributed by atoms with E-state index in [1.54, 1.807) is 0 Å². The standard InChI is InChI=1S/C17H23N3O/c1-17(2,3)20-16(21)8-10-19-12-14-6-4-5-13-11-18-9-7-15(13)14/h4-7,9,11,19H,8,10,12H2,1-3H3,(H,20,21). The molecule has 1 aromatic carbocycles. The molecule has 4 heteroatoms. The molecule has 112 valence electrons. The Labute approximate surface area is 126 Å². The van der Waals surface area contributed by atoms with E-state index in [1.165, 1.54) is 10.9 Å². The van der Waals surface area contributed by atoms with Crippen molar-refractivity contribution in [3.05, 3.63) is 42.2 Å². The van der Waals surface area contributed by atoms with Crippen molar-refractivity contribution in [3.63, 3.8) is 0 Å². The molecular formula is C17H23N3O. The van der Waals surface area contributed by atoms with Gasteiger partial charge >= 0.3 is 0 Å². The molecule has 2 N–H and O–H groups in total. The predicted molar refractivity (Wildman–Crippen MR) is 86.0 cm³/mol. The second-order valence-corrected chi connectivity index (χ2v) is 6.24. The van der Waals surface area contributed by atoms with Crippen LogP contribution in [-0.2, 0) is 11.3 Å². The van der Waals surface area contributed by atoms with Crippen LogP contribution in [0.15, 0.2) is 36.7 Å². The molecule has 0 saturated heterocycles. The average Bonchev–Trinajstić information content (AvgIpc) is 2.42. The van der Waals surface area contributed by atoms with Crippen LogP contribution in [0, 0.1) is 0 Å². The highest BCUT2D eigenvalue weighted by atomic mass is 16.1. The number of rotatable bonds is 5. The van der Waals surface area contributed by atoms with Crippen molar-refractivity contribution in [2.75, 3.05) is 6.54 Å². The van der Waals surface area contributed by atoms with Crippen LogP contribution >= 0.6 is 0 Å². The van der Waals surface area contributed by atoms with Gasteiger partial charge in [-0.2, -0.15) is 0 Å². The van der Waals surface area contributed by atoms with Gasteiger partial charge in [-0.25, -0.2) is 0 Å². The molecule has 2 aromatic rings. The fourth-order valence-corrected chi connectivity index (χ4v) is 2.25. The number of carbonyl (C=O) groups excluding carboxylic acids is 1. The Morgan fingerprint density at radius 3 is 2.81 bits per heavy atom. The number of aromatic nitrogens is 1. The lowest BCUT2D eigenvalue weighted by molar-refractivity contribution is -0.122. The zero-order valence-corrected chi connectivity index (χ0v) is 12.9. The Kier molecular flexibility index (Phi) is 4.91. The van der Waals surface area contributed by atoms with Crippen molar-refractivity contribution >= 4 is 16.7 Å². The summed E-state index contributed by atoms with van der Waals surface area (Å²) >= 11 is 0. The molecule has 0 bridgehead atoms. The number of fused-ring (bicyclic) bond motifs is 1. The third kappa shape index (κ3) is 4.83. The second kappa shape index (κ2) is 6.68. The molecule has 1 amide bonds. The summed E-state index contributed by atoms with van der Waals surface area (Å²) in [6.45, 7) is 7.39. The van der Waals surface area contributed by atoms with Crippen molar-refractivity contribution < 1.29 is 4.79 Å². The summed E-state index contributed by atoms with van der Waals surface area (Å²) in [5, 5.41) is 8.64. The number of hydrogen-bond donors (Lipinski definition) is 2. The molecule has 0 radical (unpaired) electrons. The van der Waals surface area contributed by atoms with Crippen LogP contribution in [-0.4, -0.2) is 23.0 Å². The maximum Gasteiger partial charge on any atom is 0.221 e. The topological polar surface area (TPSA) is 54.0 Å². The number of nitrogens with zero attached hydrogens (tertiary/aromatic N) is 1. The molecule has 0 spiro atoms. The van der Waals surface area contributed by atoms with E-state index in [0.29, 0.717) is 13.0 Å².